The summed E-state index contributed by atoms with van der Waals surface area (Å²) in [6.45, 7) is 0.711. The van der Waals surface area contributed by atoms with E-state index in [4.69, 9.17) is 4.74 Å². The summed E-state index contributed by atoms with van der Waals surface area (Å²) in [4.78, 5) is 13.7. The Kier molecular flexibility index (Phi) is 4.16. The second-order valence-electron chi connectivity index (χ2n) is 3.99. The molecule has 0 N–H and O–H groups in total. The van der Waals surface area contributed by atoms with Crippen molar-refractivity contribution >= 4 is 21.8 Å². The van der Waals surface area contributed by atoms with Gasteiger partial charge in [0.25, 0.3) is 12.3 Å². The van der Waals surface area contributed by atoms with Gasteiger partial charge in [0.2, 0.25) is 0 Å². The van der Waals surface area contributed by atoms with E-state index in [2.05, 4.69) is 15.9 Å². The molecule has 0 unspecified atom stereocenters. The summed E-state index contributed by atoms with van der Waals surface area (Å²) in [5.74, 6) is 0.0274. The molecule has 0 bridgehead atoms. The molecule has 98 valence electrons. The third-order valence-electron chi connectivity index (χ3n) is 2.68. The van der Waals surface area contributed by atoms with Gasteiger partial charge in [-0.05, 0) is 24.6 Å². The third kappa shape index (κ3) is 2.98. The van der Waals surface area contributed by atoms with Crippen molar-refractivity contribution in [2.75, 3.05) is 19.7 Å². The number of likely N-dealkylation sites (tertiary alicyclic amines) is 1. The third-order valence-corrected chi connectivity index (χ3v) is 3.18. The molecule has 1 amide bonds. The van der Waals surface area contributed by atoms with Gasteiger partial charge in [0, 0.05) is 17.6 Å². The first-order chi connectivity index (χ1) is 8.58. The average Bonchev–Trinajstić information content (AvgIpc) is 2.23. The van der Waals surface area contributed by atoms with Crippen LogP contribution >= 0.6 is 15.9 Å². The van der Waals surface area contributed by atoms with Crippen LogP contribution in [0.5, 0.6) is 5.75 Å². The lowest BCUT2D eigenvalue weighted by atomic mass is 10.1. The molecule has 0 aromatic heterocycles. The zero-order valence-electron chi connectivity index (χ0n) is 9.54. The van der Waals surface area contributed by atoms with Crippen LogP contribution in [0.2, 0.25) is 0 Å². The molecular weight excluding hydrogens is 308 g/mol. The minimum atomic E-state index is -2.56. The van der Waals surface area contributed by atoms with Gasteiger partial charge in [0.15, 0.2) is 0 Å². The van der Waals surface area contributed by atoms with Crippen LogP contribution in [0, 0.1) is 0 Å². The van der Waals surface area contributed by atoms with Crippen molar-refractivity contribution in [3.8, 4) is 5.75 Å². The Morgan fingerprint density at radius 3 is 2.72 bits per heavy atom. The fourth-order valence-electron chi connectivity index (χ4n) is 1.63. The Bertz CT molecular complexity index is 450. The van der Waals surface area contributed by atoms with Crippen molar-refractivity contribution in [3.05, 3.63) is 28.2 Å². The molecule has 1 saturated heterocycles. The van der Waals surface area contributed by atoms with Crippen molar-refractivity contribution < 1.29 is 18.3 Å². The van der Waals surface area contributed by atoms with E-state index in [0.717, 1.165) is 6.42 Å². The number of halogens is 3. The number of hydrogen-bond acceptors (Lipinski definition) is 2. The van der Waals surface area contributed by atoms with Gasteiger partial charge in [-0.2, -0.15) is 0 Å². The summed E-state index contributed by atoms with van der Waals surface area (Å²) in [5.41, 5.74) is 0.332. The van der Waals surface area contributed by atoms with Gasteiger partial charge in [-0.25, -0.2) is 8.78 Å². The summed E-state index contributed by atoms with van der Waals surface area (Å²) >= 11 is 3.23. The number of alkyl halides is 2. The lowest BCUT2D eigenvalue weighted by molar-refractivity contribution is 0.0626. The number of amides is 1. The van der Waals surface area contributed by atoms with Gasteiger partial charge in [-0.15, -0.1) is 0 Å². The number of nitrogens with zero attached hydrogens (tertiary/aromatic N) is 1. The minimum Gasteiger partial charge on any atom is -0.487 e. The molecule has 0 atom stereocenters. The first-order valence-corrected chi connectivity index (χ1v) is 6.37. The second kappa shape index (κ2) is 5.65. The lowest BCUT2D eigenvalue weighted by Gasteiger charge is -2.31. The van der Waals surface area contributed by atoms with Gasteiger partial charge in [0.1, 0.15) is 12.4 Å². The fourth-order valence-corrected chi connectivity index (χ4v) is 1.97. The van der Waals surface area contributed by atoms with E-state index in [1.165, 1.54) is 6.07 Å². The van der Waals surface area contributed by atoms with Gasteiger partial charge >= 0.3 is 0 Å². The Labute approximate surface area is 112 Å². The number of benzene rings is 1. The monoisotopic (exact) mass is 319 g/mol. The number of carbonyl (C=O) groups is 1. The van der Waals surface area contributed by atoms with Crippen LogP contribution in [0.1, 0.15) is 16.8 Å². The molecular formula is C12H12BrF2NO2. The Balaban J connectivity index is 2.19. The van der Waals surface area contributed by atoms with E-state index in [0.29, 0.717) is 23.1 Å². The van der Waals surface area contributed by atoms with Crippen molar-refractivity contribution in [2.45, 2.75) is 12.8 Å². The van der Waals surface area contributed by atoms with Gasteiger partial charge < -0.3 is 9.64 Å². The molecule has 1 aromatic carbocycles. The molecule has 0 saturated carbocycles. The van der Waals surface area contributed by atoms with Crippen LogP contribution < -0.4 is 4.74 Å². The average molecular weight is 320 g/mol. The van der Waals surface area contributed by atoms with E-state index in [1.54, 1.807) is 17.0 Å². The SMILES string of the molecule is O=C(c1ccc(Br)cc1OCC(F)F)N1CCC1. The highest BCUT2D eigenvalue weighted by Crippen LogP contribution is 2.26. The lowest BCUT2D eigenvalue weighted by Crippen LogP contribution is -2.42. The molecule has 0 aliphatic carbocycles. The molecule has 1 heterocycles. The first-order valence-electron chi connectivity index (χ1n) is 5.57. The summed E-state index contributed by atoms with van der Waals surface area (Å²) in [6, 6.07) is 4.82. The maximum atomic E-state index is 12.2. The van der Waals surface area contributed by atoms with Crippen molar-refractivity contribution in [1.29, 1.82) is 0 Å². The summed E-state index contributed by atoms with van der Waals surface area (Å²) in [5, 5.41) is 0. The van der Waals surface area contributed by atoms with Crippen molar-refractivity contribution in [3.63, 3.8) is 0 Å². The first kappa shape index (κ1) is 13.3. The topological polar surface area (TPSA) is 29.5 Å². The van der Waals surface area contributed by atoms with E-state index < -0.39 is 13.0 Å². The molecule has 6 heteroatoms. The quantitative estimate of drug-likeness (QED) is 0.854. The molecule has 18 heavy (non-hydrogen) atoms. The predicted molar refractivity (Wildman–Crippen MR) is 66.2 cm³/mol. The molecule has 1 fully saturated rings. The molecule has 3 nitrogen and oxygen atoms in total. The van der Waals surface area contributed by atoms with Crippen LogP contribution in [-0.2, 0) is 0 Å². The zero-order chi connectivity index (χ0) is 13.1. The van der Waals surface area contributed by atoms with E-state index in [-0.39, 0.29) is 11.7 Å². The maximum Gasteiger partial charge on any atom is 0.272 e. The number of carbonyl (C=O) groups excluding carboxylic acids is 1. The predicted octanol–water partition coefficient (Wildman–Crippen LogP) is 2.94. The van der Waals surface area contributed by atoms with Crippen LogP contribution in [-0.4, -0.2) is 36.9 Å². The molecule has 0 spiro atoms. The van der Waals surface area contributed by atoms with Gasteiger partial charge in [-0.1, -0.05) is 15.9 Å². The molecule has 1 aromatic rings. The van der Waals surface area contributed by atoms with E-state index in [9.17, 15) is 13.6 Å². The van der Waals surface area contributed by atoms with Crippen LogP contribution in [0.4, 0.5) is 8.78 Å². The molecule has 1 aliphatic rings. The number of hydrogen-bond donors (Lipinski definition) is 0. The van der Waals surface area contributed by atoms with Crippen LogP contribution in [0.25, 0.3) is 0 Å². The minimum absolute atomic E-state index is 0.169. The second-order valence-corrected chi connectivity index (χ2v) is 4.90. The maximum absolute atomic E-state index is 12.2. The summed E-state index contributed by atoms with van der Waals surface area (Å²) in [6.07, 6.45) is -1.58. The largest absolute Gasteiger partial charge is 0.487 e. The smallest absolute Gasteiger partial charge is 0.272 e. The highest BCUT2D eigenvalue weighted by molar-refractivity contribution is 9.10. The molecule has 0 radical (unpaired) electrons. The fraction of sp³-hybridized carbons (Fsp3) is 0.417. The van der Waals surface area contributed by atoms with Gasteiger partial charge in [-0.3, -0.25) is 4.79 Å². The van der Waals surface area contributed by atoms with Crippen LogP contribution in [0.3, 0.4) is 0 Å². The normalized spacial score (nSPS) is 14.6. The van der Waals surface area contributed by atoms with E-state index >= 15 is 0 Å². The summed E-state index contributed by atoms with van der Waals surface area (Å²) < 4.78 is 30.0. The van der Waals surface area contributed by atoms with Gasteiger partial charge in [0.05, 0.1) is 5.56 Å². The van der Waals surface area contributed by atoms with Crippen molar-refractivity contribution in [2.24, 2.45) is 0 Å². The molecule has 1 aliphatic heterocycles. The standard InChI is InChI=1S/C12H12BrF2NO2/c13-8-2-3-9(12(17)16-4-1-5-16)10(6-8)18-7-11(14)15/h2-3,6,11H,1,4-5,7H2. The Hall–Kier alpha value is -1.17. The van der Waals surface area contributed by atoms with Crippen LogP contribution in [0.15, 0.2) is 22.7 Å². The Morgan fingerprint density at radius 2 is 2.17 bits per heavy atom. The van der Waals surface area contributed by atoms with E-state index in [1.807, 2.05) is 0 Å². The zero-order valence-corrected chi connectivity index (χ0v) is 11.1. The highest BCUT2D eigenvalue weighted by atomic mass is 79.9. The highest BCUT2D eigenvalue weighted by Gasteiger charge is 2.24. The number of rotatable bonds is 4. The Morgan fingerprint density at radius 1 is 1.44 bits per heavy atom. The number of ether oxygens (including phenoxy) is 1. The summed E-state index contributed by atoms with van der Waals surface area (Å²) in [7, 11) is 0. The molecule has 2 rings (SSSR count). The van der Waals surface area contributed by atoms with Crippen molar-refractivity contribution in [1.82, 2.24) is 4.90 Å².